The number of hydrogen-bond donors (Lipinski definition) is 2. The fourth-order valence-electron chi connectivity index (χ4n) is 0.321. The van der Waals surface area contributed by atoms with Crippen LogP contribution in [0.15, 0.2) is 11.8 Å². The van der Waals surface area contributed by atoms with Crippen molar-refractivity contribution in [1.82, 2.24) is 0 Å². The van der Waals surface area contributed by atoms with E-state index in [2.05, 4.69) is 10.2 Å². The van der Waals surface area contributed by atoms with Crippen molar-refractivity contribution >= 4 is 10.1 Å². The molecule has 4 N–H and O–H groups in total. The first-order valence-corrected chi connectivity index (χ1v) is 4.11. The molecule has 0 atom stereocenters. The van der Waals surface area contributed by atoms with Gasteiger partial charge < -0.3 is 5.73 Å². The van der Waals surface area contributed by atoms with Crippen LogP contribution in [-0.2, 0) is 14.4 Å². The third kappa shape index (κ3) is 3.44. The molecule has 0 heterocycles. The number of nitrogens with two attached hydrogens (primary N) is 2. The van der Waals surface area contributed by atoms with Crippen LogP contribution in [0.3, 0.4) is 0 Å². The summed E-state index contributed by atoms with van der Waals surface area (Å²) in [6.45, 7) is 1.63. The van der Waals surface area contributed by atoms with E-state index in [0.29, 0.717) is 0 Å². The van der Waals surface area contributed by atoms with Gasteiger partial charge in [0.2, 0.25) is 0 Å². The summed E-state index contributed by atoms with van der Waals surface area (Å²) < 4.78 is 24.7. The molecule has 5 nitrogen and oxygen atoms in total. The predicted octanol–water partition coefficient (Wildman–Crippen LogP) is -0.931. The molecule has 0 fully saturated rings. The van der Waals surface area contributed by atoms with Gasteiger partial charge in [0, 0.05) is 5.70 Å². The molecule has 0 saturated heterocycles. The Morgan fingerprint density at radius 2 is 2.20 bits per heavy atom. The molecular weight excluding hydrogens is 156 g/mol. The van der Waals surface area contributed by atoms with Crippen LogP contribution in [-0.4, -0.2) is 14.2 Å². The van der Waals surface area contributed by atoms with Gasteiger partial charge in [0.25, 0.3) is 10.1 Å². The minimum absolute atomic E-state index is 0.213. The minimum atomic E-state index is -3.65. The zero-order valence-electron chi connectivity index (χ0n) is 5.57. The maximum absolute atomic E-state index is 10.5. The second-order valence-corrected chi connectivity index (χ2v) is 3.26. The molecule has 0 unspecified atom stereocenters. The molecule has 0 aliphatic carbocycles. The molecule has 0 spiro atoms. The van der Waals surface area contributed by atoms with Crippen LogP contribution in [0.5, 0.6) is 0 Å². The van der Waals surface area contributed by atoms with Crippen molar-refractivity contribution < 1.29 is 12.7 Å². The lowest BCUT2D eigenvalue weighted by Gasteiger charge is -1.98. The SMILES string of the molecule is CC=C(N)CS(=O)(=O)ON. The largest absolute Gasteiger partial charge is 0.401 e. The highest BCUT2D eigenvalue weighted by molar-refractivity contribution is 7.86. The summed E-state index contributed by atoms with van der Waals surface area (Å²) in [4.78, 5) is 0. The molecule has 60 valence electrons. The lowest BCUT2D eigenvalue weighted by molar-refractivity contribution is 0.334. The summed E-state index contributed by atoms with van der Waals surface area (Å²) in [6.07, 6.45) is 1.47. The number of allylic oxidation sites excluding steroid dienone is 1. The average Bonchev–Trinajstić information content (AvgIpc) is 1.87. The van der Waals surface area contributed by atoms with Crippen molar-refractivity contribution in [3.63, 3.8) is 0 Å². The van der Waals surface area contributed by atoms with Crippen molar-refractivity contribution in [3.8, 4) is 0 Å². The summed E-state index contributed by atoms with van der Waals surface area (Å²) >= 11 is 0. The molecular formula is C4H10N2O3S. The Morgan fingerprint density at radius 1 is 1.70 bits per heavy atom. The van der Waals surface area contributed by atoms with E-state index in [-0.39, 0.29) is 11.4 Å². The fraction of sp³-hybridized carbons (Fsp3) is 0.500. The molecule has 10 heavy (non-hydrogen) atoms. The zero-order chi connectivity index (χ0) is 8.20. The van der Waals surface area contributed by atoms with Crippen LogP contribution in [0.1, 0.15) is 6.92 Å². The van der Waals surface area contributed by atoms with Crippen molar-refractivity contribution in [3.05, 3.63) is 11.8 Å². The van der Waals surface area contributed by atoms with Crippen molar-refractivity contribution in [1.29, 1.82) is 0 Å². The Balaban J connectivity index is 4.17. The zero-order valence-corrected chi connectivity index (χ0v) is 6.39. The van der Waals surface area contributed by atoms with Crippen LogP contribution < -0.4 is 11.6 Å². The molecule has 0 aromatic heterocycles. The third-order valence-corrected chi connectivity index (χ3v) is 1.84. The molecule has 0 aliphatic heterocycles. The maximum Gasteiger partial charge on any atom is 0.288 e. The van der Waals surface area contributed by atoms with Crippen LogP contribution >= 0.6 is 0 Å². The minimum Gasteiger partial charge on any atom is -0.401 e. The van der Waals surface area contributed by atoms with Gasteiger partial charge in [-0.15, -0.1) is 0 Å². The van der Waals surface area contributed by atoms with E-state index in [0.717, 1.165) is 0 Å². The van der Waals surface area contributed by atoms with Gasteiger partial charge in [-0.05, 0) is 6.92 Å². The Kier molecular flexibility index (Phi) is 3.34. The Hall–Kier alpha value is -0.590. The van der Waals surface area contributed by atoms with Crippen LogP contribution in [0.25, 0.3) is 0 Å². The third-order valence-electron chi connectivity index (χ3n) is 0.861. The predicted molar refractivity (Wildman–Crippen MR) is 37.0 cm³/mol. The molecule has 0 aromatic rings. The van der Waals surface area contributed by atoms with Crippen molar-refractivity contribution in [2.75, 3.05) is 5.75 Å². The molecule has 6 heteroatoms. The highest BCUT2D eigenvalue weighted by Crippen LogP contribution is 1.93. The summed E-state index contributed by atoms with van der Waals surface area (Å²) in [6, 6.07) is 0. The standard InChI is InChI=1S/C4H10N2O3S/c1-2-4(5)3-10(7,8)9-6/h2H,3,5-6H2,1H3. The first-order chi connectivity index (χ1) is 4.52. The smallest absolute Gasteiger partial charge is 0.288 e. The van der Waals surface area contributed by atoms with Crippen LogP contribution in [0, 0.1) is 0 Å². The monoisotopic (exact) mass is 166 g/mol. The van der Waals surface area contributed by atoms with E-state index in [1.807, 2.05) is 0 Å². The maximum atomic E-state index is 10.5. The molecule has 0 rings (SSSR count). The van der Waals surface area contributed by atoms with E-state index >= 15 is 0 Å². The summed E-state index contributed by atoms with van der Waals surface area (Å²) in [5.74, 6) is 4.08. The topological polar surface area (TPSA) is 95.4 Å². The van der Waals surface area contributed by atoms with Gasteiger partial charge in [-0.25, -0.2) is 0 Å². The second kappa shape index (κ2) is 3.55. The van der Waals surface area contributed by atoms with E-state index in [9.17, 15) is 8.42 Å². The quantitative estimate of drug-likeness (QED) is 0.528. The molecule has 0 amide bonds. The summed E-state index contributed by atoms with van der Waals surface area (Å²) in [5.41, 5.74) is 5.39. The van der Waals surface area contributed by atoms with Gasteiger partial charge in [-0.1, -0.05) is 6.08 Å². The van der Waals surface area contributed by atoms with E-state index in [1.165, 1.54) is 6.08 Å². The highest BCUT2D eigenvalue weighted by Gasteiger charge is 2.09. The molecule has 0 bridgehead atoms. The first kappa shape index (κ1) is 9.41. The van der Waals surface area contributed by atoms with E-state index in [1.54, 1.807) is 6.92 Å². The Labute approximate surface area is 59.7 Å². The lowest BCUT2D eigenvalue weighted by atomic mass is 10.5. The normalized spacial score (nSPS) is 13.6. The summed E-state index contributed by atoms with van der Waals surface area (Å²) in [5, 5.41) is 0. The first-order valence-electron chi connectivity index (χ1n) is 2.53. The number of hydrogen-bond acceptors (Lipinski definition) is 5. The second-order valence-electron chi connectivity index (χ2n) is 1.66. The van der Waals surface area contributed by atoms with Crippen molar-refractivity contribution in [2.45, 2.75) is 6.92 Å². The molecule has 0 aromatic carbocycles. The van der Waals surface area contributed by atoms with Crippen LogP contribution in [0.4, 0.5) is 0 Å². The van der Waals surface area contributed by atoms with Gasteiger partial charge in [0.1, 0.15) is 5.75 Å². The van der Waals surface area contributed by atoms with Gasteiger partial charge >= 0.3 is 0 Å². The highest BCUT2D eigenvalue weighted by atomic mass is 32.2. The lowest BCUT2D eigenvalue weighted by Crippen LogP contribution is -2.19. The van der Waals surface area contributed by atoms with E-state index < -0.39 is 10.1 Å². The molecule has 0 aliphatic rings. The Morgan fingerprint density at radius 3 is 2.50 bits per heavy atom. The van der Waals surface area contributed by atoms with Gasteiger partial charge in [-0.3, -0.25) is 0 Å². The Bertz CT molecular complexity index is 219. The fourth-order valence-corrected chi connectivity index (χ4v) is 0.964. The molecule has 0 saturated carbocycles. The number of rotatable bonds is 3. The molecule has 0 radical (unpaired) electrons. The van der Waals surface area contributed by atoms with E-state index in [4.69, 9.17) is 5.73 Å². The van der Waals surface area contributed by atoms with Crippen molar-refractivity contribution in [2.24, 2.45) is 11.6 Å². The van der Waals surface area contributed by atoms with Crippen LogP contribution in [0.2, 0.25) is 0 Å². The van der Waals surface area contributed by atoms with Gasteiger partial charge in [0.05, 0.1) is 0 Å². The average molecular weight is 166 g/mol. The van der Waals surface area contributed by atoms with Gasteiger partial charge in [0.15, 0.2) is 0 Å². The van der Waals surface area contributed by atoms with Gasteiger partial charge in [-0.2, -0.15) is 18.6 Å². The summed E-state index contributed by atoms with van der Waals surface area (Å²) in [7, 11) is -3.65.